The number of benzene rings is 4. The van der Waals surface area contributed by atoms with Crippen molar-refractivity contribution in [1.82, 2.24) is 0 Å². The highest BCUT2D eigenvalue weighted by atomic mass is 32.2. The normalized spacial score (nSPS) is 12.0. The summed E-state index contributed by atoms with van der Waals surface area (Å²) in [5.74, 6) is -0.643. The Morgan fingerprint density at radius 3 is 2.02 bits per heavy atom. The Hall–Kier alpha value is -4.36. The van der Waals surface area contributed by atoms with Crippen molar-refractivity contribution in [3.8, 4) is 0 Å². The third kappa shape index (κ3) is 7.09. The van der Waals surface area contributed by atoms with Gasteiger partial charge in [-0.3, -0.25) is 14.2 Å². The van der Waals surface area contributed by atoms with Crippen LogP contribution in [-0.4, -0.2) is 22.7 Å². The van der Waals surface area contributed by atoms with Crippen molar-refractivity contribution < 1.29 is 34.8 Å². The summed E-state index contributed by atoms with van der Waals surface area (Å²) in [5, 5.41) is 2.58. The van der Waals surface area contributed by atoms with Gasteiger partial charge in [0.05, 0.1) is 21.0 Å². The highest BCUT2D eigenvalue weighted by Crippen LogP contribution is 2.31. The Morgan fingerprint density at radius 1 is 0.690 bits per heavy atom. The molecule has 3 N–H and O–H groups in total. The van der Waals surface area contributed by atoms with Gasteiger partial charge < -0.3 is 5.32 Å². The molecule has 0 heterocycles. The first kappa shape index (κ1) is 30.6. The average Bonchev–Trinajstić information content (AvgIpc) is 2.90. The third-order valence-corrected chi connectivity index (χ3v) is 9.15. The van der Waals surface area contributed by atoms with Gasteiger partial charge in [0.15, 0.2) is 0 Å². The van der Waals surface area contributed by atoms with Crippen molar-refractivity contribution in [2.75, 3.05) is 14.8 Å². The van der Waals surface area contributed by atoms with Gasteiger partial charge in [-0.25, -0.2) is 16.8 Å². The van der Waals surface area contributed by atoms with Gasteiger partial charge in [0.25, 0.3) is 26.0 Å². The van der Waals surface area contributed by atoms with Gasteiger partial charge in [-0.1, -0.05) is 24.3 Å². The highest BCUT2D eigenvalue weighted by molar-refractivity contribution is 7.93. The minimum atomic E-state index is -4.64. The molecule has 0 spiro atoms. The van der Waals surface area contributed by atoms with Crippen LogP contribution < -0.4 is 14.8 Å². The predicted octanol–water partition coefficient (Wildman–Crippen LogP) is 6.48. The quantitative estimate of drug-likeness (QED) is 0.209. The summed E-state index contributed by atoms with van der Waals surface area (Å²) >= 11 is 0. The number of hydrogen-bond donors (Lipinski definition) is 3. The first-order valence-electron chi connectivity index (χ1n) is 12.4. The van der Waals surface area contributed by atoms with Crippen LogP contribution in [0.1, 0.15) is 32.6 Å². The molecule has 4 aromatic rings. The summed E-state index contributed by atoms with van der Waals surface area (Å²) < 4.78 is 95.4. The van der Waals surface area contributed by atoms with E-state index in [0.29, 0.717) is 17.3 Å². The van der Waals surface area contributed by atoms with Crippen molar-refractivity contribution >= 4 is 43.0 Å². The van der Waals surface area contributed by atoms with Crippen molar-refractivity contribution in [2.45, 2.75) is 36.7 Å². The molecular weight excluding hydrogens is 591 g/mol. The summed E-state index contributed by atoms with van der Waals surface area (Å²) in [5.41, 5.74) is 1.42. The fourth-order valence-corrected chi connectivity index (χ4v) is 6.41. The molecule has 0 aliphatic heterocycles. The summed E-state index contributed by atoms with van der Waals surface area (Å²) in [7, 11) is -8.27. The zero-order chi connectivity index (χ0) is 30.9. The number of amides is 1. The van der Waals surface area contributed by atoms with Crippen LogP contribution in [0.3, 0.4) is 0 Å². The molecule has 8 nitrogen and oxygen atoms in total. The lowest BCUT2D eigenvalue weighted by molar-refractivity contribution is -0.137. The molecule has 0 atom stereocenters. The molecule has 1 amide bonds. The number of rotatable bonds is 8. The van der Waals surface area contributed by atoms with Gasteiger partial charge in [-0.2, -0.15) is 13.2 Å². The van der Waals surface area contributed by atoms with E-state index in [1.165, 1.54) is 48.5 Å². The number of carbonyl (C=O) groups is 1. The summed E-state index contributed by atoms with van der Waals surface area (Å²) in [6.45, 7) is 5.21. The predicted molar refractivity (Wildman–Crippen MR) is 155 cm³/mol. The van der Waals surface area contributed by atoms with Gasteiger partial charge in [0, 0.05) is 16.9 Å². The first-order valence-corrected chi connectivity index (χ1v) is 15.3. The van der Waals surface area contributed by atoms with Crippen molar-refractivity contribution in [3.05, 3.63) is 113 Å². The highest BCUT2D eigenvalue weighted by Gasteiger charge is 2.31. The second-order valence-electron chi connectivity index (χ2n) is 9.57. The Morgan fingerprint density at radius 2 is 1.36 bits per heavy atom. The molecule has 220 valence electrons. The van der Waals surface area contributed by atoms with E-state index in [0.717, 1.165) is 23.3 Å². The van der Waals surface area contributed by atoms with E-state index >= 15 is 0 Å². The number of nitrogens with one attached hydrogen (secondary N) is 3. The Balaban J connectivity index is 1.50. The van der Waals surface area contributed by atoms with Crippen LogP contribution >= 0.6 is 0 Å². The molecule has 0 aromatic heterocycles. The number of alkyl halides is 3. The Bertz CT molecular complexity index is 1870. The van der Waals surface area contributed by atoms with E-state index in [1.807, 2.05) is 13.0 Å². The second-order valence-corrected chi connectivity index (χ2v) is 12.9. The molecule has 4 aromatic carbocycles. The number of aryl methyl sites for hydroxylation is 3. The fraction of sp³-hybridized carbons (Fsp3) is 0.138. The number of anilines is 3. The lowest BCUT2D eigenvalue weighted by Gasteiger charge is -2.14. The molecule has 42 heavy (non-hydrogen) atoms. The molecule has 0 aliphatic rings. The maximum absolute atomic E-state index is 13.2. The molecule has 0 unspecified atom stereocenters. The van der Waals surface area contributed by atoms with Crippen LogP contribution in [0.15, 0.2) is 94.7 Å². The van der Waals surface area contributed by atoms with Gasteiger partial charge >= 0.3 is 6.18 Å². The zero-order valence-electron chi connectivity index (χ0n) is 22.6. The summed E-state index contributed by atoms with van der Waals surface area (Å²) in [6.07, 6.45) is -4.64. The fourth-order valence-electron chi connectivity index (χ4n) is 3.97. The minimum Gasteiger partial charge on any atom is -0.322 e. The zero-order valence-corrected chi connectivity index (χ0v) is 24.2. The van der Waals surface area contributed by atoms with Crippen molar-refractivity contribution in [1.29, 1.82) is 0 Å². The number of hydrogen-bond acceptors (Lipinski definition) is 5. The lowest BCUT2D eigenvalue weighted by Crippen LogP contribution is -2.18. The molecule has 0 bridgehead atoms. The standard InChI is InChI=1S/C29H26F3N3O5S2/c1-18-7-8-19(2)26(15-18)35-42(39,40)27-16-21(10-9-20(27)3)28(36)33-23-11-13-25(14-12-23)41(37,38)34-24-6-4-5-22(17-24)29(30,31)32/h4-17,34-35H,1-3H3,(H,33,36). The van der Waals surface area contributed by atoms with E-state index in [1.54, 1.807) is 26.0 Å². The molecule has 13 heteroatoms. The molecule has 0 saturated carbocycles. The van der Waals surface area contributed by atoms with Crippen LogP contribution in [-0.2, 0) is 26.2 Å². The van der Waals surface area contributed by atoms with Crippen LogP contribution in [0.25, 0.3) is 0 Å². The third-order valence-electron chi connectivity index (χ3n) is 6.24. The second kappa shape index (κ2) is 11.5. The maximum atomic E-state index is 13.2. The smallest absolute Gasteiger partial charge is 0.322 e. The van der Waals surface area contributed by atoms with Gasteiger partial charge in [-0.15, -0.1) is 0 Å². The van der Waals surface area contributed by atoms with E-state index in [2.05, 4.69) is 14.8 Å². The van der Waals surface area contributed by atoms with Gasteiger partial charge in [-0.05, 0) is 98.1 Å². The van der Waals surface area contributed by atoms with E-state index in [9.17, 15) is 34.8 Å². The Labute approximate surface area is 241 Å². The van der Waals surface area contributed by atoms with Crippen LogP contribution in [0, 0.1) is 20.8 Å². The lowest BCUT2D eigenvalue weighted by atomic mass is 10.1. The van der Waals surface area contributed by atoms with Crippen molar-refractivity contribution in [3.63, 3.8) is 0 Å². The van der Waals surface area contributed by atoms with Crippen LogP contribution in [0.2, 0.25) is 0 Å². The number of carbonyl (C=O) groups excluding carboxylic acids is 1. The largest absolute Gasteiger partial charge is 0.416 e. The molecule has 0 radical (unpaired) electrons. The SMILES string of the molecule is Cc1ccc(C)c(NS(=O)(=O)c2cc(C(=O)Nc3ccc(S(=O)(=O)Nc4cccc(C(F)(F)F)c4)cc3)ccc2C)c1. The number of halogens is 3. The van der Waals surface area contributed by atoms with Gasteiger partial charge in [0.2, 0.25) is 0 Å². The minimum absolute atomic E-state index is 0.0462. The molecule has 4 rings (SSSR count). The maximum Gasteiger partial charge on any atom is 0.416 e. The molecule has 0 fully saturated rings. The first-order chi connectivity index (χ1) is 19.5. The van der Waals surface area contributed by atoms with E-state index in [4.69, 9.17) is 0 Å². The summed E-state index contributed by atoms with van der Waals surface area (Å²) in [6, 6.07) is 18.3. The summed E-state index contributed by atoms with van der Waals surface area (Å²) in [4.78, 5) is 12.6. The van der Waals surface area contributed by atoms with Crippen LogP contribution in [0.5, 0.6) is 0 Å². The van der Waals surface area contributed by atoms with Crippen molar-refractivity contribution in [2.24, 2.45) is 0 Å². The van der Waals surface area contributed by atoms with Gasteiger partial charge in [0.1, 0.15) is 0 Å². The number of sulfonamides is 2. The molecular formula is C29H26F3N3O5S2. The monoisotopic (exact) mass is 617 g/mol. The van der Waals surface area contributed by atoms with Crippen LogP contribution in [0.4, 0.5) is 30.2 Å². The van der Waals surface area contributed by atoms with E-state index < -0.39 is 37.7 Å². The topological polar surface area (TPSA) is 121 Å². The van der Waals surface area contributed by atoms with E-state index in [-0.39, 0.29) is 26.7 Å². The molecule has 0 aliphatic carbocycles. The average molecular weight is 618 g/mol. The Kier molecular flexibility index (Phi) is 8.37. The molecule has 0 saturated heterocycles.